The van der Waals surface area contributed by atoms with Crippen molar-refractivity contribution in [1.82, 2.24) is 0 Å². The molecule has 1 aromatic carbocycles. The summed E-state index contributed by atoms with van der Waals surface area (Å²) in [4.78, 5) is 0. The zero-order valence-corrected chi connectivity index (χ0v) is 14.9. The highest BCUT2D eigenvalue weighted by Crippen LogP contribution is 2.14. The van der Waals surface area contributed by atoms with Crippen molar-refractivity contribution in [3.05, 3.63) is 59.4 Å². The zero-order chi connectivity index (χ0) is 13.7. The first kappa shape index (κ1) is 17.2. The summed E-state index contributed by atoms with van der Waals surface area (Å²) in [5, 5.41) is 0. The van der Waals surface area contributed by atoms with Crippen molar-refractivity contribution >= 4 is 0 Å². The fourth-order valence-electron chi connectivity index (χ4n) is 2.58. The molecule has 0 aliphatic heterocycles. The molecule has 0 spiro atoms. The van der Waals surface area contributed by atoms with Crippen LogP contribution in [0.4, 0.5) is 0 Å². The fourth-order valence-corrected chi connectivity index (χ4v) is 2.58. The number of pyridine rings is 1. The van der Waals surface area contributed by atoms with Gasteiger partial charge in [-0.2, -0.15) is 4.57 Å². The van der Waals surface area contributed by atoms with Crippen molar-refractivity contribution in [1.29, 1.82) is 0 Å². The Morgan fingerprint density at radius 1 is 0.950 bits per heavy atom. The fraction of sp³-hybridized carbons (Fsp3) is 0.389. The second kappa shape index (κ2) is 8.40. The Morgan fingerprint density at radius 3 is 2.20 bits per heavy atom. The average Bonchev–Trinajstić information content (AvgIpc) is 2.48. The van der Waals surface area contributed by atoms with Crippen LogP contribution < -0.4 is 28.5 Å². The molecule has 0 atom stereocenters. The Bertz CT molecular complexity index is 535. The van der Waals surface area contributed by atoms with Gasteiger partial charge in [-0.15, -0.1) is 0 Å². The van der Waals surface area contributed by atoms with Gasteiger partial charge in [-0.25, -0.2) is 0 Å². The van der Waals surface area contributed by atoms with E-state index in [2.05, 4.69) is 67.9 Å². The third kappa shape index (κ3) is 3.81. The molecule has 20 heavy (non-hydrogen) atoms. The molecule has 2 aromatic rings. The van der Waals surface area contributed by atoms with E-state index in [1.54, 1.807) is 0 Å². The van der Waals surface area contributed by atoms with Crippen LogP contribution >= 0.6 is 0 Å². The molecule has 0 N–H and O–H groups in total. The highest BCUT2D eigenvalue weighted by atomic mass is 127. The van der Waals surface area contributed by atoms with Gasteiger partial charge in [0.25, 0.3) is 0 Å². The standard InChI is InChI=1S/C18H24N.HI/c1-4-10-18-16(6-3)13-15(5-2)14-19(18)17-11-8-7-9-12-17;/h7-9,11-14H,4-6,10H2,1-3H3;1H/q+1;/p-1. The van der Waals surface area contributed by atoms with E-state index in [1.165, 1.54) is 28.9 Å². The van der Waals surface area contributed by atoms with Crippen LogP contribution in [0.25, 0.3) is 5.69 Å². The summed E-state index contributed by atoms with van der Waals surface area (Å²) in [7, 11) is 0. The molecule has 0 fully saturated rings. The van der Waals surface area contributed by atoms with Crippen molar-refractivity contribution < 1.29 is 28.5 Å². The third-order valence-electron chi connectivity index (χ3n) is 3.63. The highest BCUT2D eigenvalue weighted by Gasteiger charge is 2.18. The van der Waals surface area contributed by atoms with Gasteiger partial charge in [0.1, 0.15) is 0 Å². The number of hydrogen-bond donors (Lipinski definition) is 0. The van der Waals surface area contributed by atoms with E-state index in [1.807, 2.05) is 0 Å². The van der Waals surface area contributed by atoms with Crippen molar-refractivity contribution in [3.8, 4) is 5.69 Å². The lowest BCUT2D eigenvalue weighted by molar-refractivity contribution is -0.605. The summed E-state index contributed by atoms with van der Waals surface area (Å²) in [6.07, 6.45) is 6.83. The van der Waals surface area contributed by atoms with Crippen LogP contribution in [0.5, 0.6) is 0 Å². The van der Waals surface area contributed by atoms with E-state index in [0.29, 0.717) is 0 Å². The van der Waals surface area contributed by atoms with Crippen LogP contribution in [0.15, 0.2) is 42.6 Å². The van der Waals surface area contributed by atoms with Crippen LogP contribution in [0.3, 0.4) is 0 Å². The molecule has 1 aromatic heterocycles. The topological polar surface area (TPSA) is 3.88 Å². The number of para-hydroxylation sites is 1. The van der Waals surface area contributed by atoms with Crippen molar-refractivity contribution in [3.63, 3.8) is 0 Å². The number of hydrogen-bond acceptors (Lipinski definition) is 0. The van der Waals surface area contributed by atoms with Crippen molar-refractivity contribution in [2.24, 2.45) is 0 Å². The molecule has 0 aliphatic rings. The molecule has 1 nitrogen and oxygen atoms in total. The molecule has 0 radical (unpaired) electrons. The highest BCUT2D eigenvalue weighted by molar-refractivity contribution is 5.27. The normalized spacial score (nSPS) is 10.2. The lowest BCUT2D eigenvalue weighted by Crippen LogP contribution is -3.00. The second-order valence-corrected chi connectivity index (χ2v) is 4.98. The van der Waals surface area contributed by atoms with Gasteiger partial charge >= 0.3 is 0 Å². The molecule has 0 unspecified atom stereocenters. The molecule has 0 saturated carbocycles. The lowest BCUT2D eigenvalue weighted by atomic mass is 10.0. The molecule has 2 heteroatoms. The predicted molar refractivity (Wildman–Crippen MR) is 80.7 cm³/mol. The maximum atomic E-state index is 2.39. The van der Waals surface area contributed by atoms with Gasteiger partial charge < -0.3 is 24.0 Å². The van der Waals surface area contributed by atoms with Gasteiger partial charge in [0.05, 0.1) is 0 Å². The molecule has 1 heterocycles. The number of halogens is 1. The van der Waals surface area contributed by atoms with Gasteiger partial charge in [-0.1, -0.05) is 39.0 Å². The van der Waals surface area contributed by atoms with Crippen LogP contribution in [0, 0.1) is 0 Å². The van der Waals surface area contributed by atoms with Crippen LogP contribution in [0.2, 0.25) is 0 Å². The van der Waals surface area contributed by atoms with E-state index < -0.39 is 0 Å². The second-order valence-electron chi connectivity index (χ2n) is 4.98. The van der Waals surface area contributed by atoms with Gasteiger partial charge in [0.2, 0.25) is 5.69 Å². The van der Waals surface area contributed by atoms with Gasteiger partial charge in [0.15, 0.2) is 11.9 Å². The quantitative estimate of drug-likeness (QED) is 0.539. The maximum Gasteiger partial charge on any atom is 0.210 e. The first-order valence-corrected chi connectivity index (χ1v) is 7.41. The molecule has 108 valence electrons. The molecule has 2 rings (SSSR count). The number of rotatable bonds is 5. The molecule has 0 amide bonds. The first-order chi connectivity index (χ1) is 9.30. The Labute approximate surface area is 140 Å². The summed E-state index contributed by atoms with van der Waals surface area (Å²) < 4.78 is 2.39. The van der Waals surface area contributed by atoms with E-state index in [0.717, 1.165) is 19.3 Å². The summed E-state index contributed by atoms with van der Waals surface area (Å²) in [6, 6.07) is 13.1. The van der Waals surface area contributed by atoms with Crippen molar-refractivity contribution in [2.45, 2.75) is 46.5 Å². The summed E-state index contributed by atoms with van der Waals surface area (Å²) in [6.45, 7) is 6.73. The largest absolute Gasteiger partial charge is 1.00 e. The SMILES string of the molecule is CCCc1c(CC)cc(CC)c[n+]1-c1ccccc1.[I-]. The minimum absolute atomic E-state index is 0. The number of nitrogens with zero attached hydrogens (tertiary/aromatic N) is 1. The minimum Gasteiger partial charge on any atom is -1.00 e. The Kier molecular flexibility index (Phi) is 7.20. The number of aromatic nitrogens is 1. The lowest BCUT2D eigenvalue weighted by Gasteiger charge is -2.09. The summed E-state index contributed by atoms with van der Waals surface area (Å²) in [5.74, 6) is 0. The number of aryl methyl sites for hydroxylation is 2. The summed E-state index contributed by atoms with van der Waals surface area (Å²) >= 11 is 0. The first-order valence-electron chi connectivity index (χ1n) is 7.41. The molecule has 0 bridgehead atoms. The van der Waals surface area contributed by atoms with Crippen molar-refractivity contribution in [2.75, 3.05) is 0 Å². The smallest absolute Gasteiger partial charge is 0.210 e. The Morgan fingerprint density at radius 2 is 1.65 bits per heavy atom. The maximum absolute atomic E-state index is 2.39. The molecule has 0 saturated heterocycles. The monoisotopic (exact) mass is 381 g/mol. The zero-order valence-electron chi connectivity index (χ0n) is 12.7. The Balaban J connectivity index is 0.00000200. The summed E-state index contributed by atoms with van der Waals surface area (Å²) in [5.41, 5.74) is 5.65. The predicted octanol–water partition coefficient (Wildman–Crippen LogP) is 1.04. The molecule has 0 aliphatic carbocycles. The van der Waals surface area contributed by atoms with Gasteiger partial charge in [-0.3, -0.25) is 0 Å². The van der Waals surface area contributed by atoms with Crippen LogP contribution in [0.1, 0.15) is 44.0 Å². The van der Waals surface area contributed by atoms with E-state index in [-0.39, 0.29) is 24.0 Å². The third-order valence-corrected chi connectivity index (χ3v) is 3.63. The van der Waals surface area contributed by atoms with Crippen LogP contribution in [-0.2, 0) is 19.3 Å². The van der Waals surface area contributed by atoms with Crippen LogP contribution in [-0.4, -0.2) is 0 Å². The molecular weight excluding hydrogens is 357 g/mol. The van der Waals surface area contributed by atoms with E-state index in [9.17, 15) is 0 Å². The van der Waals surface area contributed by atoms with Gasteiger partial charge in [0, 0.05) is 29.7 Å². The minimum atomic E-state index is 0. The molecular formula is C18H24IN. The van der Waals surface area contributed by atoms with E-state index >= 15 is 0 Å². The number of benzene rings is 1. The average molecular weight is 381 g/mol. The van der Waals surface area contributed by atoms with Gasteiger partial charge in [-0.05, 0) is 25.3 Å². The Hall–Kier alpha value is -0.900. The van der Waals surface area contributed by atoms with E-state index in [4.69, 9.17) is 0 Å².